The Labute approximate surface area is 83.5 Å². The molecule has 0 fully saturated rings. The molecule has 4 heteroatoms. The lowest BCUT2D eigenvalue weighted by atomic mass is 10.2. The van der Waals surface area contributed by atoms with Crippen LogP contribution in [0.5, 0.6) is 0 Å². The first-order valence-electron chi connectivity index (χ1n) is 3.98. The second-order valence-corrected chi connectivity index (χ2v) is 3.15. The maximum Gasteiger partial charge on any atom is 0.187 e. The molecule has 0 unspecified atom stereocenters. The molecule has 0 saturated carbocycles. The van der Waals surface area contributed by atoms with Gasteiger partial charge in [-0.1, -0.05) is 12.1 Å². The zero-order valence-electron chi connectivity index (χ0n) is 7.74. The highest BCUT2D eigenvalue weighted by Crippen LogP contribution is 2.12. The Morgan fingerprint density at radius 1 is 1.54 bits per heavy atom. The summed E-state index contributed by atoms with van der Waals surface area (Å²) in [5, 5.41) is 4.77. The van der Waals surface area contributed by atoms with Crippen molar-refractivity contribution in [3.63, 3.8) is 0 Å². The van der Waals surface area contributed by atoms with Gasteiger partial charge in [0.15, 0.2) is 5.11 Å². The lowest BCUT2D eigenvalue weighted by Gasteiger charge is -2.18. The number of thiocarbonyl (C=S) groups is 1. The van der Waals surface area contributed by atoms with Crippen molar-refractivity contribution in [2.24, 2.45) is 5.84 Å². The molecule has 0 saturated heterocycles. The number of hydrogen-bond acceptors (Lipinski definition) is 2. The lowest BCUT2D eigenvalue weighted by molar-refractivity contribution is 1.05. The molecule has 0 atom stereocenters. The van der Waals surface area contributed by atoms with Gasteiger partial charge in [-0.15, -0.1) is 0 Å². The Balaban J connectivity index is 2.88. The highest BCUT2D eigenvalue weighted by molar-refractivity contribution is 7.80. The van der Waals surface area contributed by atoms with Gasteiger partial charge >= 0.3 is 0 Å². The molecule has 0 spiro atoms. The van der Waals surface area contributed by atoms with Gasteiger partial charge in [-0.05, 0) is 36.8 Å². The van der Waals surface area contributed by atoms with Crippen molar-refractivity contribution in [2.45, 2.75) is 6.92 Å². The van der Waals surface area contributed by atoms with E-state index >= 15 is 0 Å². The van der Waals surface area contributed by atoms with Gasteiger partial charge < -0.3 is 5.32 Å². The highest BCUT2D eigenvalue weighted by Gasteiger charge is 2.04. The Kier molecular flexibility index (Phi) is 3.22. The van der Waals surface area contributed by atoms with Crippen LogP contribution in [0.4, 0.5) is 5.69 Å². The van der Waals surface area contributed by atoms with Gasteiger partial charge in [-0.3, -0.25) is 5.01 Å². The smallest absolute Gasteiger partial charge is 0.187 e. The zero-order valence-corrected chi connectivity index (χ0v) is 8.56. The molecule has 0 aliphatic carbocycles. The van der Waals surface area contributed by atoms with Gasteiger partial charge in [-0.2, -0.15) is 0 Å². The standard InChI is InChI=1S/C9H13N3S/c1-7-4-3-5-8(6-7)12(10)9(13)11-2/h3-6H,10H2,1-2H3,(H,11,13). The van der Waals surface area contributed by atoms with Gasteiger partial charge in [0.1, 0.15) is 0 Å². The molecule has 70 valence electrons. The second-order valence-electron chi connectivity index (χ2n) is 2.76. The number of aryl methyl sites for hydroxylation is 1. The molecule has 1 aromatic carbocycles. The largest absolute Gasteiger partial charge is 0.364 e. The minimum absolute atomic E-state index is 0.505. The summed E-state index contributed by atoms with van der Waals surface area (Å²) in [6.07, 6.45) is 0. The number of nitrogens with zero attached hydrogens (tertiary/aromatic N) is 1. The van der Waals surface area contributed by atoms with Crippen LogP contribution in [0.1, 0.15) is 5.56 Å². The maximum atomic E-state index is 5.75. The first kappa shape index (κ1) is 9.95. The first-order chi connectivity index (χ1) is 6.15. The van der Waals surface area contributed by atoms with E-state index in [0.29, 0.717) is 5.11 Å². The van der Waals surface area contributed by atoms with E-state index in [9.17, 15) is 0 Å². The SMILES string of the molecule is CNC(=S)N(N)c1cccc(C)c1. The van der Waals surface area contributed by atoms with Crippen LogP contribution in [0, 0.1) is 6.92 Å². The van der Waals surface area contributed by atoms with Crippen molar-refractivity contribution in [3.8, 4) is 0 Å². The van der Waals surface area contributed by atoms with Crippen LogP contribution in [0.2, 0.25) is 0 Å². The molecule has 0 aromatic heterocycles. The van der Waals surface area contributed by atoms with Crippen LogP contribution < -0.4 is 16.2 Å². The molecule has 0 amide bonds. The van der Waals surface area contributed by atoms with E-state index < -0.39 is 0 Å². The molecule has 1 rings (SSSR count). The Morgan fingerprint density at radius 2 is 2.23 bits per heavy atom. The van der Waals surface area contributed by atoms with Crippen molar-refractivity contribution >= 4 is 23.0 Å². The van der Waals surface area contributed by atoms with Crippen LogP contribution in [-0.2, 0) is 0 Å². The van der Waals surface area contributed by atoms with Crippen LogP contribution >= 0.6 is 12.2 Å². The quantitative estimate of drug-likeness (QED) is 0.401. The first-order valence-corrected chi connectivity index (χ1v) is 4.39. The van der Waals surface area contributed by atoms with E-state index in [0.717, 1.165) is 11.3 Å². The lowest BCUT2D eigenvalue weighted by Crippen LogP contribution is -2.43. The van der Waals surface area contributed by atoms with Crippen LogP contribution in [0.15, 0.2) is 24.3 Å². The van der Waals surface area contributed by atoms with E-state index in [4.69, 9.17) is 18.1 Å². The van der Waals surface area contributed by atoms with Crippen molar-refractivity contribution in [1.29, 1.82) is 0 Å². The Bertz CT molecular complexity index is 311. The number of rotatable bonds is 1. The minimum atomic E-state index is 0.505. The molecule has 0 aliphatic rings. The average molecular weight is 195 g/mol. The third-order valence-electron chi connectivity index (χ3n) is 1.71. The fraction of sp³-hybridized carbons (Fsp3) is 0.222. The summed E-state index contributed by atoms with van der Waals surface area (Å²) < 4.78 is 0. The molecule has 13 heavy (non-hydrogen) atoms. The maximum absolute atomic E-state index is 5.75. The normalized spacial score (nSPS) is 9.46. The van der Waals surface area contributed by atoms with Crippen molar-refractivity contribution < 1.29 is 0 Å². The molecular formula is C9H13N3S. The number of nitrogens with two attached hydrogens (primary N) is 1. The highest BCUT2D eigenvalue weighted by atomic mass is 32.1. The predicted molar refractivity (Wildman–Crippen MR) is 59.5 cm³/mol. The molecular weight excluding hydrogens is 182 g/mol. The monoisotopic (exact) mass is 195 g/mol. The fourth-order valence-corrected chi connectivity index (χ4v) is 1.12. The minimum Gasteiger partial charge on any atom is -0.364 e. The topological polar surface area (TPSA) is 41.3 Å². The molecule has 0 radical (unpaired) electrons. The second kappa shape index (κ2) is 4.20. The number of nitrogens with one attached hydrogen (secondary N) is 1. The molecule has 0 bridgehead atoms. The number of benzene rings is 1. The van der Waals surface area contributed by atoms with Gasteiger partial charge in [0.25, 0.3) is 0 Å². The fourth-order valence-electron chi connectivity index (χ4n) is 1.02. The molecule has 0 aliphatic heterocycles. The summed E-state index contributed by atoms with van der Waals surface area (Å²) in [5.74, 6) is 5.75. The molecule has 3 nitrogen and oxygen atoms in total. The van der Waals surface area contributed by atoms with Crippen LogP contribution in [0.25, 0.3) is 0 Å². The van der Waals surface area contributed by atoms with Gasteiger partial charge in [0.2, 0.25) is 0 Å². The summed E-state index contributed by atoms with van der Waals surface area (Å²) in [7, 11) is 1.75. The third-order valence-corrected chi connectivity index (χ3v) is 2.11. The number of hydrogen-bond donors (Lipinski definition) is 2. The van der Waals surface area contributed by atoms with E-state index in [2.05, 4.69) is 5.32 Å². The zero-order chi connectivity index (χ0) is 9.84. The Morgan fingerprint density at radius 3 is 2.77 bits per heavy atom. The number of hydrazine groups is 1. The van der Waals surface area contributed by atoms with Crippen molar-refractivity contribution in [2.75, 3.05) is 12.1 Å². The summed E-state index contributed by atoms with van der Waals surface area (Å²) in [6.45, 7) is 2.01. The average Bonchev–Trinajstić information content (AvgIpc) is 2.15. The van der Waals surface area contributed by atoms with Gasteiger partial charge in [-0.25, -0.2) is 5.84 Å². The third kappa shape index (κ3) is 2.40. The molecule has 0 heterocycles. The van der Waals surface area contributed by atoms with E-state index in [1.165, 1.54) is 5.01 Å². The number of anilines is 1. The van der Waals surface area contributed by atoms with Crippen molar-refractivity contribution in [3.05, 3.63) is 29.8 Å². The molecule has 1 aromatic rings. The van der Waals surface area contributed by atoms with Crippen LogP contribution in [-0.4, -0.2) is 12.2 Å². The summed E-state index contributed by atoms with van der Waals surface area (Å²) in [4.78, 5) is 0. The van der Waals surface area contributed by atoms with E-state index in [1.807, 2.05) is 31.2 Å². The van der Waals surface area contributed by atoms with Crippen molar-refractivity contribution in [1.82, 2.24) is 5.32 Å². The predicted octanol–water partition coefficient (Wildman–Crippen LogP) is 1.18. The summed E-state index contributed by atoms with van der Waals surface area (Å²) in [6, 6.07) is 7.85. The summed E-state index contributed by atoms with van der Waals surface area (Å²) in [5.41, 5.74) is 2.05. The van der Waals surface area contributed by atoms with Crippen LogP contribution in [0.3, 0.4) is 0 Å². The van der Waals surface area contributed by atoms with Gasteiger partial charge in [0.05, 0.1) is 5.69 Å². The molecule has 3 N–H and O–H groups in total. The van der Waals surface area contributed by atoms with Gasteiger partial charge in [0, 0.05) is 7.05 Å². The summed E-state index contributed by atoms with van der Waals surface area (Å²) >= 11 is 4.99. The van der Waals surface area contributed by atoms with E-state index in [-0.39, 0.29) is 0 Å². The van der Waals surface area contributed by atoms with E-state index in [1.54, 1.807) is 7.05 Å². The Hall–Kier alpha value is -1.13.